The molecule has 5 aromatic rings. The molecule has 0 unspecified atom stereocenters. The summed E-state index contributed by atoms with van der Waals surface area (Å²) in [6.45, 7) is 2.97. The number of amides is 1. The van der Waals surface area contributed by atoms with E-state index >= 15 is 0 Å². The molecule has 29 heavy (non-hydrogen) atoms. The minimum atomic E-state index is -0.452. The van der Waals surface area contributed by atoms with E-state index in [4.69, 9.17) is 4.42 Å². The van der Waals surface area contributed by atoms with Crippen LogP contribution in [0.4, 0.5) is 5.69 Å². The van der Waals surface area contributed by atoms with Crippen LogP contribution < -0.4 is 10.7 Å². The summed E-state index contributed by atoms with van der Waals surface area (Å²) in [7, 11) is 0. The van der Waals surface area contributed by atoms with Crippen molar-refractivity contribution in [2.24, 2.45) is 0 Å². The van der Waals surface area contributed by atoms with E-state index in [-0.39, 0.29) is 11.2 Å². The van der Waals surface area contributed by atoms with Gasteiger partial charge in [-0.2, -0.15) is 0 Å². The van der Waals surface area contributed by atoms with Gasteiger partial charge < -0.3 is 14.3 Å². The fourth-order valence-electron chi connectivity index (χ4n) is 3.88. The lowest BCUT2D eigenvalue weighted by Crippen LogP contribution is -2.14. The maximum absolute atomic E-state index is 12.7. The highest BCUT2D eigenvalue weighted by atomic mass is 16.3. The minimum Gasteiger partial charge on any atom is -0.451 e. The van der Waals surface area contributed by atoms with E-state index in [0.717, 1.165) is 28.4 Å². The molecule has 142 valence electrons. The smallest absolute Gasteiger partial charge is 0.291 e. The molecule has 2 heterocycles. The van der Waals surface area contributed by atoms with Gasteiger partial charge >= 0.3 is 0 Å². The number of hydrogen-bond donors (Lipinski definition) is 1. The first-order chi connectivity index (χ1) is 14.2. The number of aryl methyl sites for hydroxylation is 1. The molecule has 2 aromatic heterocycles. The lowest BCUT2D eigenvalue weighted by atomic mass is 10.1. The maximum atomic E-state index is 12.7. The zero-order valence-corrected chi connectivity index (χ0v) is 15.8. The molecule has 0 saturated heterocycles. The van der Waals surface area contributed by atoms with Crippen LogP contribution in [-0.4, -0.2) is 10.5 Å². The fourth-order valence-corrected chi connectivity index (χ4v) is 3.88. The number of benzene rings is 3. The molecule has 1 amide bonds. The van der Waals surface area contributed by atoms with Crippen LogP contribution in [0.2, 0.25) is 0 Å². The summed E-state index contributed by atoms with van der Waals surface area (Å²) < 4.78 is 7.89. The van der Waals surface area contributed by atoms with Crippen LogP contribution in [0, 0.1) is 0 Å². The summed E-state index contributed by atoms with van der Waals surface area (Å²) in [5.74, 6) is -0.462. The molecule has 0 aliphatic carbocycles. The van der Waals surface area contributed by atoms with Gasteiger partial charge in [0.15, 0.2) is 11.2 Å². The van der Waals surface area contributed by atoms with Crippen molar-refractivity contribution < 1.29 is 9.21 Å². The van der Waals surface area contributed by atoms with Crippen LogP contribution in [0.5, 0.6) is 0 Å². The largest absolute Gasteiger partial charge is 0.451 e. The topological polar surface area (TPSA) is 64.2 Å². The minimum absolute atomic E-state index is 0.00946. The highest BCUT2D eigenvalue weighted by molar-refractivity contribution is 6.10. The molecule has 0 fully saturated rings. The average molecular weight is 382 g/mol. The third kappa shape index (κ3) is 2.79. The normalized spacial score (nSPS) is 11.3. The Hall–Kier alpha value is -3.86. The number of nitrogens with one attached hydrogen (secondary N) is 1. The zero-order valence-electron chi connectivity index (χ0n) is 15.8. The third-order valence-corrected chi connectivity index (χ3v) is 5.20. The quantitative estimate of drug-likeness (QED) is 0.468. The Morgan fingerprint density at radius 1 is 0.897 bits per heavy atom. The van der Waals surface area contributed by atoms with Gasteiger partial charge in [0.2, 0.25) is 0 Å². The molecule has 5 heteroatoms. The van der Waals surface area contributed by atoms with Crippen molar-refractivity contribution in [2.75, 3.05) is 5.32 Å². The predicted molar refractivity (Wildman–Crippen MR) is 116 cm³/mol. The Balaban J connectivity index is 1.56. The van der Waals surface area contributed by atoms with Gasteiger partial charge in [0.05, 0.1) is 5.39 Å². The summed E-state index contributed by atoms with van der Waals surface area (Å²) in [6, 6.07) is 22.2. The summed E-state index contributed by atoms with van der Waals surface area (Å²) in [6.07, 6.45) is 0. The average Bonchev–Trinajstić information content (AvgIpc) is 3.07. The summed E-state index contributed by atoms with van der Waals surface area (Å²) in [4.78, 5) is 25.0. The number of carbonyl (C=O) groups excluding carboxylic acids is 1. The molecule has 0 aliphatic heterocycles. The maximum Gasteiger partial charge on any atom is 0.291 e. The van der Waals surface area contributed by atoms with E-state index in [9.17, 15) is 9.59 Å². The molecular weight excluding hydrogens is 364 g/mol. The Morgan fingerprint density at radius 2 is 1.62 bits per heavy atom. The van der Waals surface area contributed by atoms with E-state index in [1.165, 1.54) is 6.07 Å². The van der Waals surface area contributed by atoms with Crippen LogP contribution in [0.15, 0.2) is 82.0 Å². The molecule has 5 nitrogen and oxygen atoms in total. The molecule has 1 N–H and O–H groups in total. The number of fused-ring (bicyclic) bond motifs is 4. The lowest BCUT2D eigenvalue weighted by molar-refractivity contribution is 0.0997. The highest BCUT2D eigenvalue weighted by Crippen LogP contribution is 2.31. The second kappa shape index (κ2) is 6.63. The van der Waals surface area contributed by atoms with E-state index in [1.54, 1.807) is 24.3 Å². The lowest BCUT2D eigenvalue weighted by Gasteiger charge is -2.07. The first-order valence-corrected chi connectivity index (χ1v) is 9.51. The summed E-state index contributed by atoms with van der Waals surface area (Å²) >= 11 is 0. The van der Waals surface area contributed by atoms with Crippen molar-refractivity contribution in [1.29, 1.82) is 0 Å². The van der Waals surface area contributed by atoms with E-state index in [1.807, 2.05) is 30.3 Å². The number of nitrogens with zero attached hydrogens (tertiary/aromatic N) is 1. The van der Waals surface area contributed by atoms with Crippen LogP contribution >= 0.6 is 0 Å². The molecule has 0 saturated carbocycles. The molecule has 0 atom stereocenters. The van der Waals surface area contributed by atoms with E-state index in [2.05, 4.69) is 28.9 Å². The SMILES string of the molecule is CCn1c2ccccc2c2cc(NC(=O)c3cc(=O)c4ccccc4o3)ccc21. The highest BCUT2D eigenvalue weighted by Gasteiger charge is 2.14. The van der Waals surface area contributed by atoms with Gasteiger partial charge in [-0.3, -0.25) is 9.59 Å². The zero-order chi connectivity index (χ0) is 20.0. The summed E-state index contributed by atoms with van der Waals surface area (Å²) in [5.41, 5.74) is 3.08. The Bertz CT molecular complexity index is 1460. The fraction of sp³-hybridized carbons (Fsp3) is 0.0833. The molecular formula is C24H18N2O3. The Labute approximate surface area is 166 Å². The van der Waals surface area contributed by atoms with Crippen molar-refractivity contribution in [3.8, 4) is 0 Å². The van der Waals surface area contributed by atoms with Gasteiger partial charge in [-0.25, -0.2) is 0 Å². The van der Waals surface area contributed by atoms with Crippen molar-refractivity contribution >= 4 is 44.4 Å². The van der Waals surface area contributed by atoms with Gasteiger partial charge in [0.1, 0.15) is 5.58 Å². The van der Waals surface area contributed by atoms with Gasteiger partial charge in [0.25, 0.3) is 5.91 Å². The van der Waals surface area contributed by atoms with Crippen LogP contribution in [0.3, 0.4) is 0 Å². The molecule has 3 aromatic carbocycles. The van der Waals surface area contributed by atoms with E-state index < -0.39 is 5.91 Å². The van der Waals surface area contributed by atoms with Crippen molar-refractivity contribution in [1.82, 2.24) is 4.57 Å². The predicted octanol–water partition coefficient (Wildman–Crippen LogP) is 5.17. The molecule has 0 radical (unpaired) electrons. The van der Waals surface area contributed by atoms with Gasteiger partial charge in [-0.15, -0.1) is 0 Å². The molecule has 0 bridgehead atoms. The van der Waals surface area contributed by atoms with Crippen molar-refractivity contribution in [3.05, 3.63) is 88.8 Å². The number of carbonyl (C=O) groups is 1. The Kier molecular flexibility index (Phi) is 3.95. The second-order valence-electron chi connectivity index (χ2n) is 6.92. The number of para-hydroxylation sites is 2. The van der Waals surface area contributed by atoms with Crippen molar-refractivity contribution in [2.45, 2.75) is 13.5 Å². The van der Waals surface area contributed by atoms with Crippen LogP contribution in [0.25, 0.3) is 32.8 Å². The number of hydrogen-bond acceptors (Lipinski definition) is 3. The first kappa shape index (κ1) is 17.3. The molecule has 0 aliphatic rings. The third-order valence-electron chi connectivity index (χ3n) is 5.20. The number of aromatic nitrogens is 1. The van der Waals surface area contributed by atoms with Crippen LogP contribution in [0.1, 0.15) is 17.5 Å². The first-order valence-electron chi connectivity index (χ1n) is 9.51. The van der Waals surface area contributed by atoms with Crippen LogP contribution in [-0.2, 0) is 6.54 Å². The monoisotopic (exact) mass is 382 g/mol. The van der Waals surface area contributed by atoms with Gasteiger partial charge in [-0.1, -0.05) is 30.3 Å². The summed E-state index contributed by atoms with van der Waals surface area (Å²) in [5, 5.41) is 5.52. The number of rotatable bonds is 3. The number of anilines is 1. The molecule has 0 spiro atoms. The standard InChI is InChI=1S/C24H18N2O3/c1-2-26-19-9-5-3-7-16(19)18-13-15(11-12-20(18)26)25-24(28)23-14-21(27)17-8-4-6-10-22(17)29-23/h3-14H,2H2,1H3,(H,25,28). The second-order valence-corrected chi connectivity index (χ2v) is 6.92. The van der Waals surface area contributed by atoms with E-state index in [0.29, 0.717) is 16.7 Å². The van der Waals surface area contributed by atoms with Crippen molar-refractivity contribution in [3.63, 3.8) is 0 Å². The van der Waals surface area contributed by atoms with Gasteiger partial charge in [0, 0.05) is 40.1 Å². The molecule has 5 rings (SSSR count). The van der Waals surface area contributed by atoms with Gasteiger partial charge in [-0.05, 0) is 43.3 Å². The Morgan fingerprint density at radius 3 is 2.45 bits per heavy atom.